The van der Waals surface area contributed by atoms with Crippen molar-refractivity contribution in [3.8, 4) is 0 Å². The Bertz CT molecular complexity index is 211. The molecule has 0 aliphatic carbocycles. The normalized spacial score (nSPS) is 10.4. The molecule has 0 aliphatic heterocycles. The Hall–Kier alpha value is -0.770. The van der Waals surface area contributed by atoms with Crippen LogP contribution < -0.4 is 0 Å². The average Bonchev–Trinajstić information content (AvgIpc) is 1.88. The standard InChI is InChI=1S/C5H3ClF2N2/c6-3-1-9-5(4(7)8)10-2-3/h1-2,4H. The van der Waals surface area contributed by atoms with Crippen molar-refractivity contribution in [1.82, 2.24) is 9.97 Å². The second-order valence-corrected chi connectivity index (χ2v) is 2.00. The van der Waals surface area contributed by atoms with Gasteiger partial charge in [0.15, 0.2) is 5.82 Å². The van der Waals surface area contributed by atoms with Gasteiger partial charge in [0, 0.05) is 12.4 Å². The molecule has 1 aromatic heterocycles. The Morgan fingerprint density at radius 3 is 2.20 bits per heavy atom. The van der Waals surface area contributed by atoms with Gasteiger partial charge >= 0.3 is 0 Å². The summed E-state index contributed by atoms with van der Waals surface area (Å²) in [5.41, 5.74) is 0. The highest BCUT2D eigenvalue weighted by molar-refractivity contribution is 6.30. The van der Waals surface area contributed by atoms with Gasteiger partial charge in [0.05, 0.1) is 5.02 Å². The zero-order valence-corrected chi connectivity index (χ0v) is 5.52. The molecule has 0 fully saturated rings. The third-order valence-corrected chi connectivity index (χ3v) is 1.03. The first-order valence-corrected chi connectivity index (χ1v) is 2.83. The average molecular weight is 165 g/mol. The zero-order valence-electron chi connectivity index (χ0n) is 4.76. The molecule has 1 heterocycles. The summed E-state index contributed by atoms with van der Waals surface area (Å²) in [5, 5.41) is 0.254. The van der Waals surface area contributed by atoms with Crippen LogP contribution in [0.15, 0.2) is 12.4 Å². The molecule has 0 unspecified atom stereocenters. The van der Waals surface area contributed by atoms with Gasteiger partial charge in [-0.15, -0.1) is 0 Å². The predicted octanol–water partition coefficient (Wildman–Crippen LogP) is 2.07. The summed E-state index contributed by atoms with van der Waals surface area (Å²) in [4.78, 5) is 6.57. The van der Waals surface area contributed by atoms with Gasteiger partial charge in [-0.3, -0.25) is 0 Å². The van der Waals surface area contributed by atoms with Gasteiger partial charge in [0.2, 0.25) is 0 Å². The molecule has 1 aromatic rings. The molecule has 0 saturated carbocycles. The lowest BCUT2D eigenvalue weighted by Crippen LogP contribution is -1.92. The van der Waals surface area contributed by atoms with Crippen LogP contribution in [0.4, 0.5) is 8.78 Å². The highest BCUT2D eigenvalue weighted by Crippen LogP contribution is 2.13. The molecule has 0 amide bonds. The van der Waals surface area contributed by atoms with E-state index >= 15 is 0 Å². The fourth-order valence-electron chi connectivity index (χ4n) is 0.435. The van der Waals surface area contributed by atoms with Gasteiger partial charge in [0.1, 0.15) is 0 Å². The summed E-state index contributed by atoms with van der Waals surface area (Å²) >= 11 is 5.35. The number of hydrogen-bond acceptors (Lipinski definition) is 2. The van der Waals surface area contributed by atoms with Crippen LogP contribution in [-0.2, 0) is 0 Å². The second-order valence-electron chi connectivity index (χ2n) is 1.56. The number of nitrogens with zero attached hydrogens (tertiary/aromatic N) is 2. The molecule has 54 valence electrons. The molecule has 0 saturated heterocycles. The largest absolute Gasteiger partial charge is 0.297 e. The molecular formula is C5H3ClF2N2. The number of halogens is 3. The van der Waals surface area contributed by atoms with Gasteiger partial charge < -0.3 is 0 Å². The van der Waals surface area contributed by atoms with Crippen molar-refractivity contribution >= 4 is 11.6 Å². The van der Waals surface area contributed by atoms with Crippen LogP contribution in [0.2, 0.25) is 5.02 Å². The van der Waals surface area contributed by atoms with Crippen LogP contribution in [0.25, 0.3) is 0 Å². The van der Waals surface area contributed by atoms with E-state index in [0.29, 0.717) is 0 Å². The quantitative estimate of drug-likeness (QED) is 0.635. The van der Waals surface area contributed by atoms with E-state index in [-0.39, 0.29) is 5.02 Å². The molecule has 2 nitrogen and oxygen atoms in total. The second kappa shape index (κ2) is 2.88. The maximum absolute atomic E-state index is 11.7. The van der Waals surface area contributed by atoms with E-state index < -0.39 is 12.2 Å². The molecule has 0 bridgehead atoms. The summed E-state index contributed by atoms with van der Waals surface area (Å²) in [6, 6.07) is 0. The zero-order chi connectivity index (χ0) is 7.56. The van der Waals surface area contributed by atoms with Gasteiger partial charge in [-0.1, -0.05) is 11.6 Å². The third kappa shape index (κ3) is 1.60. The van der Waals surface area contributed by atoms with E-state index in [4.69, 9.17) is 11.6 Å². The van der Waals surface area contributed by atoms with Crippen molar-refractivity contribution in [2.24, 2.45) is 0 Å². The van der Waals surface area contributed by atoms with Crippen LogP contribution >= 0.6 is 11.6 Å². The molecule has 0 spiro atoms. The highest BCUT2D eigenvalue weighted by Gasteiger charge is 2.08. The number of alkyl halides is 2. The fraction of sp³-hybridized carbons (Fsp3) is 0.200. The molecular weight excluding hydrogens is 162 g/mol. The maximum Gasteiger partial charge on any atom is 0.297 e. The molecule has 1 rings (SSSR count). The van der Waals surface area contributed by atoms with E-state index in [1.807, 2.05) is 0 Å². The summed E-state index contributed by atoms with van der Waals surface area (Å²) in [6.07, 6.45) is -0.358. The summed E-state index contributed by atoms with van der Waals surface area (Å²) < 4.78 is 23.5. The number of hydrogen-bond donors (Lipinski definition) is 0. The molecule has 5 heteroatoms. The first-order valence-electron chi connectivity index (χ1n) is 2.46. The van der Waals surface area contributed by atoms with Gasteiger partial charge in [-0.2, -0.15) is 0 Å². The first kappa shape index (κ1) is 7.34. The lowest BCUT2D eigenvalue weighted by atomic mass is 10.6. The Labute approximate surface area is 60.9 Å². The Balaban J connectivity index is 2.89. The van der Waals surface area contributed by atoms with E-state index in [1.54, 1.807) is 0 Å². The number of rotatable bonds is 1. The van der Waals surface area contributed by atoms with Crippen LogP contribution in [-0.4, -0.2) is 9.97 Å². The SMILES string of the molecule is FC(F)c1ncc(Cl)cn1. The minimum absolute atomic E-state index is 0.254. The van der Waals surface area contributed by atoms with E-state index in [9.17, 15) is 8.78 Å². The van der Waals surface area contributed by atoms with E-state index in [0.717, 1.165) is 12.4 Å². The topological polar surface area (TPSA) is 25.8 Å². The van der Waals surface area contributed by atoms with Crippen molar-refractivity contribution < 1.29 is 8.78 Å². The summed E-state index contributed by atoms with van der Waals surface area (Å²) in [6.45, 7) is 0. The monoisotopic (exact) mass is 164 g/mol. The van der Waals surface area contributed by atoms with Gasteiger partial charge in [-0.25, -0.2) is 18.7 Å². The van der Waals surface area contributed by atoms with Crippen LogP contribution in [0, 0.1) is 0 Å². The summed E-state index contributed by atoms with van der Waals surface area (Å²) in [5.74, 6) is -0.496. The van der Waals surface area contributed by atoms with Crippen LogP contribution in [0.5, 0.6) is 0 Å². The van der Waals surface area contributed by atoms with Crippen LogP contribution in [0.3, 0.4) is 0 Å². The lowest BCUT2D eigenvalue weighted by Gasteiger charge is -1.94. The van der Waals surface area contributed by atoms with Gasteiger partial charge in [0.25, 0.3) is 6.43 Å². The van der Waals surface area contributed by atoms with Crippen LogP contribution in [0.1, 0.15) is 12.2 Å². The van der Waals surface area contributed by atoms with Crippen molar-refractivity contribution in [3.63, 3.8) is 0 Å². The van der Waals surface area contributed by atoms with Crippen molar-refractivity contribution in [3.05, 3.63) is 23.2 Å². The Morgan fingerprint density at radius 1 is 1.30 bits per heavy atom. The lowest BCUT2D eigenvalue weighted by molar-refractivity contribution is 0.140. The fourth-order valence-corrected chi connectivity index (χ4v) is 0.533. The van der Waals surface area contributed by atoms with E-state index in [1.165, 1.54) is 0 Å². The van der Waals surface area contributed by atoms with Crippen molar-refractivity contribution in [1.29, 1.82) is 0 Å². The smallest absolute Gasteiger partial charge is 0.234 e. The number of aromatic nitrogens is 2. The summed E-state index contributed by atoms with van der Waals surface area (Å²) in [7, 11) is 0. The van der Waals surface area contributed by atoms with E-state index in [2.05, 4.69) is 9.97 Å². The van der Waals surface area contributed by atoms with Crippen molar-refractivity contribution in [2.75, 3.05) is 0 Å². The molecule has 0 radical (unpaired) electrons. The Morgan fingerprint density at radius 2 is 1.80 bits per heavy atom. The maximum atomic E-state index is 11.7. The van der Waals surface area contributed by atoms with Gasteiger partial charge in [-0.05, 0) is 0 Å². The highest BCUT2D eigenvalue weighted by atomic mass is 35.5. The molecule has 10 heavy (non-hydrogen) atoms. The predicted molar refractivity (Wildman–Crippen MR) is 32.0 cm³/mol. The molecule has 0 N–H and O–H groups in total. The minimum Gasteiger partial charge on any atom is -0.234 e. The molecule has 0 aliphatic rings. The third-order valence-electron chi connectivity index (χ3n) is 0.835. The minimum atomic E-state index is -2.63. The Kier molecular flexibility index (Phi) is 2.11. The first-order chi connectivity index (χ1) is 4.70. The molecule has 0 aromatic carbocycles. The van der Waals surface area contributed by atoms with Crippen molar-refractivity contribution in [2.45, 2.75) is 6.43 Å². The molecule has 0 atom stereocenters.